The van der Waals surface area contributed by atoms with Crippen molar-refractivity contribution in [3.63, 3.8) is 0 Å². The first-order valence-corrected chi connectivity index (χ1v) is 11.8. The Bertz CT molecular complexity index is 1170. The number of hydrogen-bond acceptors (Lipinski definition) is 6. The lowest BCUT2D eigenvalue weighted by Gasteiger charge is -2.30. The number of hydrogen-bond donors (Lipinski definition) is 3. The third-order valence-corrected chi connectivity index (χ3v) is 6.89. The van der Waals surface area contributed by atoms with E-state index in [1.54, 1.807) is 18.3 Å². The molecule has 0 amide bonds. The highest BCUT2D eigenvalue weighted by Gasteiger charge is 2.23. The first kappa shape index (κ1) is 23.3. The molecule has 0 saturated heterocycles. The van der Waals surface area contributed by atoms with E-state index in [0.29, 0.717) is 23.7 Å². The Morgan fingerprint density at radius 3 is 2.64 bits per heavy atom. The van der Waals surface area contributed by atoms with Crippen molar-refractivity contribution in [3.05, 3.63) is 47.1 Å². The summed E-state index contributed by atoms with van der Waals surface area (Å²) in [5.41, 5.74) is 9.81. The molecule has 0 aliphatic heterocycles. The second-order valence-corrected chi connectivity index (χ2v) is 9.07. The molecule has 7 heteroatoms. The van der Waals surface area contributed by atoms with Crippen molar-refractivity contribution in [2.24, 2.45) is 11.7 Å². The van der Waals surface area contributed by atoms with Crippen LogP contribution in [-0.2, 0) is 0 Å². The highest BCUT2D eigenvalue weighted by atomic mass is 35.5. The molecule has 174 valence electrons. The van der Waals surface area contributed by atoms with Crippen LogP contribution in [0.5, 0.6) is 11.5 Å². The molecule has 2 aromatic carbocycles. The fourth-order valence-electron chi connectivity index (χ4n) is 4.57. The standard InChI is InChI=1S/C26H30ClN3O3/c1-3-23(31)20-14-29-22-9-6-16(17-11-21(27)26(32)24(12-17)33-2)10-19(22)25(20)30-18-7-4-15(13-28)5-8-18/h6,9-12,14-15,18,32H,3-5,7-8,13,28H2,1-2H3,(H,29,30). The molecule has 1 saturated carbocycles. The third-order valence-electron chi connectivity index (χ3n) is 6.60. The van der Waals surface area contributed by atoms with Crippen LogP contribution in [0, 0.1) is 5.92 Å². The normalized spacial score (nSPS) is 18.3. The number of ketones is 1. The van der Waals surface area contributed by atoms with E-state index in [0.717, 1.165) is 59.9 Å². The summed E-state index contributed by atoms with van der Waals surface area (Å²) in [6.07, 6.45) is 6.32. The highest BCUT2D eigenvalue weighted by Crippen LogP contribution is 2.40. The van der Waals surface area contributed by atoms with Crippen molar-refractivity contribution < 1.29 is 14.6 Å². The molecule has 0 unspecified atom stereocenters. The minimum Gasteiger partial charge on any atom is -0.503 e. The van der Waals surface area contributed by atoms with Gasteiger partial charge in [-0.25, -0.2) is 0 Å². The summed E-state index contributed by atoms with van der Waals surface area (Å²) in [5, 5.41) is 14.9. The van der Waals surface area contributed by atoms with Gasteiger partial charge in [0.05, 0.1) is 28.9 Å². The zero-order valence-corrected chi connectivity index (χ0v) is 19.8. The lowest BCUT2D eigenvalue weighted by molar-refractivity contribution is 0.0988. The van der Waals surface area contributed by atoms with Gasteiger partial charge in [-0.3, -0.25) is 9.78 Å². The number of phenolic OH excluding ortho intramolecular Hbond substituents is 1. The number of methoxy groups -OCH3 is 1. The first-order chi connectivity index (χ1) is 15.9. The van der Waals surface area contributed by atoms with E-state index in [1.165, 1.54) is 7.11 Å². The first-order valence-electron chi connectivity index (χ1n) is 11.4. The number of nitrogens with zero attached hydrogens (tertiary/aromatic N) is 1. The average molecular weight is 468 g/mol. The molecule has 0 spiro atoms. The predicted molar refractivity (Wildman–Crippen MR) is 133 cm³/mol. The van der Waals surface area contributed by atoms with Gasteiger partial charge in [0, 0.05) is 24.0 Å². The van der Waals surface area contributed by atoms with Crippen LogP contribution in [0.15, 0.2) is 36.5 Å². The molecule has 0 bridgehead atoms. The van der Waals surface area contributed by atoms with E-state index >= 15 is 0 Å². The van der Waals surface area contributed by atoms with Crippen LogP contribution in [0.4, 0.5) is 5.69 Å². The molecule has 4 N–H and O–H groups in total. The molecule has 1 aliphatic rings. The van der Waals surface area contributed by atoms with E-state index in [2.05, 4.69) is 10.3 Å². The van der Waals surface area contributed by atoms with Crippen LogP contribution in [0.1, 0.15) is 49.4 Å². The number of anilines is 1. The maximum atomic E-state index is 12.8. The van der Waals surface area contributed by atoms with Gasteiger partial charge >= 0.3 is 0 Å². The number of phenols is 1. The minimum atomic E-state index is -0.0864. The van der Waals surface area contributed by atoms with Gasteiger partial charge < -0.3 is 20.9 Å². The molecular weight excluding hydrogens is 438 g/mol. The molecule has 1 heterocycles. The Balaban J connectivity index is 1.80. The number of fused-ring (bicyclic) bond motifs is 1. The van der Waals surface area contributed by atoms with Crippen LogP contribution >= 0.6 is 11.6 Å². The van der Waals surface area contributed by atoms with E-state index in [-0.39, 0.29) is 22.6 Å². The van der Waals surface area contributed by atoms with Crippen molar-refractivity contribution in [1.29, 1.82) is 0 Å². The van der Waals surface area contributed by atoms with Gasteiger partial charge in [-0.15, -0.1) is 0 Å². The number of aromatic hydroxyl groups is 1. The molecular formula is C26H30ClN3O3. The molecule has 0 atom stereocenters. The summed E-state index contributed by atoms with van der Waals surface area (Å²) in [6.45, 7) is 2.59. The summed E-state index contributed by atoms with van der Waals surface area (Å²) in [7, 11) is 1.49. The lowest BCUT2D eigenvalue weighted by Crippen LogP contribution is -2.29. The number of pyridine rings is 1. The molecule has 1 fully saturated rings. The lowest BCUT2D eigenvalue weighted by atomic mass is 9.86. The van der Waals surface area contributed by atoms with E-state index < -0.39 is 0 Å². The second-order valence-electron chi connectivity index (χ2n) is 8.66. The second kappa shape index (κ2) is 9.98. The number of aromatic nitrogens is 1. The monoisotopic (exact) mass is 467 g/mol. The Hall–Kier alpha value is -2.83. The third kappa shape index (κ3) is 4.77. The minimum absolute atomic E-state index is 0.0577. The van der Waals surface area contributed by atoms with Crippen LogP contribution in [0.3, 0.4) is 0 Å². The summed E-state index contributed by atoms with van der Waals surface area (Å²) in [4.78, 5) is 17.3. The number of nitrogens with two attached hydrogens (primary N) is 1. The molecule has 1 aromatic heterocycles. The van der Waals surface area contributed by atoms with E-state index in [1.807, 2.05) is 25.1 Å². The van der Waals surface area contributed by atoms with Crippen molar-refractivity contribution >= 4 is 34.0 Å². The van der Waals surface area contributed by atoms with Crippen LogP contribution < -0.4 is 15.8 Å². The van der Waals surface area contributed by atoms with Crippen molar-refractivity contribution in [2.75, 3.05) is 19.0 Å². The van der Waals surface area contributed by atoms with Crippen molar-refractivity contribution in [3.8, 4) is 22.6 Å². The Labute approximate surface area is 199 Å². The van der Waals surface area contributed by atoms with Gasteiger partial charge in [0.2, 0.25) is 0 Å². The van der Waals surface area contributed by atoms with Gasteiger partial charge in [0.1, 0.15) is 0 Å². The highest BCUT2D eigenvalue weighted by molar-refractivity contribution is 6.32. The van der Waals surface area contributed by atoms with Gasteiger partial charge in [-0.1, -0.05) is 24.6 Å². The maximum Gasteiger partial charge on any atom is 0.176 e. The zero-order valence-electron chi connectivity index (χ0n) is 19.0. The number of carbonyl (C=O) groups is 1. The molecule has 33 heavy (non-hydrogen) atoms. The summed E-state index contributed by atoms with van der Waals surface area (Å²) < 4.78 is 5.27. The topological polar surface area (TPSA) is 97.5 Å². The van der Waals surface area contributed by atoms with Crippen LogP contribution in [0.25, 0.3) is 22.0 Å². The molecule has 4 rings (SSSR count). The van der Waals surface area contributed by atoms with Crippen molar-refractivity contribution in [1.82, 2.24) is 4.98 Å². The SMILES string of the molecule is CCC(=O)c1cnc2ccc(-c3cc(Cl)c(O)c(OC)c3)cc2c1NC1CCC(CN)CC1. The predicted octanol–water partition coefficient (Wildman–Crippen LogP) is 5.79. The maximum absolute atomic E-state index is 12.8. The van der Waals surface area contributed by atoms with Gasteiger partial charge in [0.25, 0.3) is 0 Å². The number of halogens is 1. The van der Waals surface area contributed by atoms with Gasteiger partial charge in [0.15, 0.2) is 17.3 Å². The fourth-order valence-corrected chi connectivity index (χ4v) is 4.78. The van der Waals surface area contributed by atoms with Crippen molar-refractivity contribution in [2.45, 2.75) is 45.1 Å². The molecule has 1 aliphatic carbocycles. The Kier molecular flexibility index (Phi) is 7.05. The number of Topliss-reactive ketones (excluding diaryl/α,β-unsaturated/α-hetero) is 1. The largest absolute Gasteiger partial charge is 0.503 e. The smallest absolute Gasteiger partial charge is 0.176 e. The molecule has 0 radical (unpaired) electrons. The quantitative estimate of drug-likeness (QED) is 0.380. The number of rotatable bonds is 7. The number of carbonyl (C=O) groups excluding carboxylic acids is 1. The number of nitrogens with one attached hydrogen (secondary N) is 1. The number of benzene rings is 2. The fraction of sp³-hybridized carbons (Fsp3) is 0.385. The Morgan fingerprint density at radius 1 is 1.21 bits per heavy atom. The van der Waals surface area contributed by atoms with E-state index in [4.69, 9.17) is 22.1 Å². The van der Waals surface area contributed by atoms with E-state index in [9.17, 15) is 9.90 Å². The summed E-state index contributed by atoms with van der Waals surface area (Å²) in [5.74, 6) is 0.856. The molecule has 3 aromatic rings. The summed E-state index contributed by atoms with van der Waals surface area (Å²) in [6, 6.07) is 9.65. The van der Waals surface area contributed by atoms with Crippen LogP contribution in [0.2, 0.25) is 5.02 Å². The molecule has 6 nitrogen and oxygen atoms in total. The van der Waals surface area contributed by atoms with Gasteiger partial charge in [-0.05, 0) is 73.5 Å². The van der Waals surface area contributed by atoms with Gasteiger partial charge in [-0.2, -0.15) is 0 Å². The average Bonchev–Trinajstić information content (AvgIpc) is 2.85. The zero-order chi connectivity index (χ0) is 23.5. The Morgan fingerprint density at radius 2 is 1.97 bits per heavy atom. The van der Waals surface area contributed by atoms with Crippen LogP contribution in [-0.4, -0.2) is 35.6 Å². The number of ether oxygens (including phenoxy) is 1. The summed E-state index contributed by atoms with van der Waals surface area (Å²) >= 11 is 6.23.